The van der Waals surface area contributed by atoms with Crippen molar-refractivity contribution in [3.8, 4) is 0 Å². The summed E-state index contributed by atoms with van der Waals surface area (Å²) < 4.78 is 9.03. The maximum absolute atomic E-state index is 11.9. The fourth-order valence-corrected chi connectivity index (χ4v) is 2.36. The topological polar surface area (TPSA) is 86.7 Å². The summed E-state index contributed by atoms with van der Waals surface area (Å²) in [6.07, 6.45) is 1.30. The molecule has 0 amide bonds. The van der Waals surface area contributed by atoms with E-state index in [-0.39, 0.29) is 49.2 Å². The van der Waals surface area contributed by atoms with Crippen molar-refractivity contribution in [1.29, 1.82) is 0 Å². The van der Waals surface area contributed by atoms with E-state index in [1.54, 1.807) is 0 Å². The normalized spacial score (nSPS) is 22.5. The van der Waals surface area contributed by atoms with Gasteiger partial charge in [0, 0.05) is 37.5 Å². The molecule has 0 aromatic rings. The second-order valence-electron chi connectivity index (χ2n) is 4.96. The molecule has 2 unspecified atom stereocenters. The summed E-state index contributed by atoms with van der Waals surface area (Å²) in [6, 6.07) is 0. The lowest BCUT2D eigenvalue weighted by molar-refractivity contribution is -0.144. The molecule has 0 heterocycles. The van der Waals surface area contributed by atoms with E-state index in [1.165, 1.54) is 14.2 Å². The van der Waals surface area contributed by atoms with Gasteiger partial charge in [-0.25, -0.2) is 0 Å². The highest BCUT2D eigenvalue weighted by molar-refractivity contribution is 5.96. The zero-order valence-electron chi connectivity index (χ0n) is 11.8. The zero-order chi connectivity index (χ0) is 15.1. The number of ether oxygens (including phenoxy) is 2. The predicted octanol–water partition coefficient (Wildman–Crippen LogP) is 1.06. The molecule has 0 spiro atoms. The molecular weight excluding hydrogens is 264 g/mol. The lowest BCUT2D eigenvalue weighted by Gasteiger charge is -2.25. The Morgan fingerprint density at radius 3 is 1.55 bits per heavy atom. The minimum Gasteiger partial charge on any atom is -0.469 e. The number of methoxy groups -OCH3 is 2. The summed E-state index contributed by atoms with van der Waals surface area (Å²) in [5.41, 5.74) is 0. The molecule has 0 radical (unpaired) electrons. The van der Waals surface area contributed by atoms with E-state index >= 15 is 0 Å². The maximum atomic E-state index is 11.9. The molecular formula is C14H20O6. The molecule has 1 rings (SSSR count). The standard InChI is InChI=1S/C14H20O6/c1-19-13(17)5-3-9-7-12(16)10(8-11(9)15)4-6-14(18)20-2/h9-10H,3-8H2,1-2H3. The Bertz CT molecular complexity index is 362. The van der Waals surface area contributed by atoms with Crippen LogP contribution < -0.4 is 0 Å². The molecule has 1 saturated carbocycles. The summed E-state index contributed by atoms with van der Waals surface area (Å²) in [6.45, 7) is 0. The van der Waals surface area contributed by atoms with E-state index in [1.807, 2.05) is 0 Å². The lowest BCUT2D eigenvalue weighted by Crippen LogP contribution is -2.33. The molecule has 0 aromatic heterocycles. The zero-order valence-corrected chi connectivity index (χ0v) is 11.8. The first-order valence-electron chi connectivity index (χ1n) is 6.67. The number of carbonyl (C=O) groups is 4. The van der Waals surface area contributed by atoms with Crippen molar-refractivity contribution < 1.29 is 28.7 Å². The fraction of sp³-hybridized carbons (Fsp3) is 0.714. The summed E-state index contributed by atoms with van der Waals surface area (Å²) in [5, 5.41) is 0. The number of carbonyl (C=O) groups excluding carboxylic acids is 4. The number of hydrogen-bond donors (Lipinski definition) is 0. The number of rotatable bonds is 6. The smallest absolute Gasteiger partial charge is 0.305 e. The van der Waals surface area contributed by atoms with E-state index in [0.717, 1.165) is 0 Å². The van der Waals surface area contributed by atoms with E-state index in [0.29, 0.717) is 12.8 Å². The van der Waals surface area contributed by atoms with Gasteiger partial charge in [0.25, 0.3) is 0 Å². The number of esters is 2. The third-order valence-electron chi connectivity index (χ3n) is 3.66. The molecule has 0 N–H and O–H groups in total. The quantitative estimate of drug-likeness (QED) is 0.678. The van der Waals surface area contributed by atoms with Gasteiger partial charge in [-0.15, -0.1) is 0 Å². The van der Waals surface area contributed by atoms with Crippen LogP contribution in [0.4, 0.5) is 0 Å². The highest BCUT2D eigenvalue weighted by Crippen LogP contribution is 2.29. The molecule has 0 aromatic carbocycles. The van der Waals surface area contributed by atoms with Gasteiger partial charge in [0.15, 0.2) is 0 Å². The summed E-state index contributed by atoms with van der Waals surface area (Å²) >= 11 is 0. The van der Waals surface area contributed by atoms with E-state index < -0.39 is 11.8 Å². The minimum absolute atomic E-state index is 0.0108. The van der Waals surface area contributed by atoms with E-state index in [4.69, 9.17) is 0 Å². The van der Waals surface area contributed by atoms with Crippen LogP contribution >= 0.6 is 0 Å². The van der Waals surface area contributed by atoms with Crippen LogP contribution in [0.25, 0.3) is 0 Å². The van der Waals surface area contributed by atoms with Crippen LogP contribution in [0.2, 0.25) is 0 Å². The van der Waals surface area contributed by atoms with Gasteiger partial charge in [-0.05, 0) is 12.8 Å². The SMILES string of the molecule is COC(=O)CCC1CC(=O)C(CCC(=O)OC)CC1=O. The van der Waals surface area contributed by atoms with Gasteiger partial charge in [-0.1, -0.05) is 0 Å². The van der Waals surface area contributed by atoms with Gasteiger partial charge in [0.1, 0.15) is 11.6 Å². The van der Waals surface area contributed by atoms with Crippen LogP contribution in [0.1, 0.15) is 38.5 Å². The number of Topliss-reactive ketones (excluding diaryl/α,β-unsaturated/α-hetero) is 2. The molecule has 1 aliphatic rings. The van der Waals surface area contributed by atoms with Gasteiger partial charge < -0.3 is 9.47 Å². The number of ketones is 2. The van der Waals surface area contributed by atoms with Crippen molar-refractivity contribution in [2.75, 3.05) is 14.2 Å². The Hall–Kier alpha value is -1.72. The highest BCUT2D eigenvalue weighted by Gasteiger charge is 2.34. The van der Waals surface area contributed by atoms with Crippen LogP contribution in [0.5, 0.6) is 0 Å². The molecule has 20 heavy (non-hydrogen) atoms. The molecule has 1 fully saturated rings. The Morgan fingerprint density at radius 1 is 0.900 bits per heavy atom. The third-order valence-corrected chi connectivity index (χ3v) is 3.66. The van der Waals surface area contributed by atoms with Crippen molar-refractivity contribution >= 4 is 23.5 Å². The molecule has 0 aliphatic heterocycles. The van der Waals surface area contributed by atoms with Gasteiger partial charge >= 0.3 is 11.9 Å². The lowest BCUT2D eigenvalue weighted by atomic mass is 9.76. The molecule has 1 aliphatic carbocycles. The fourth-order valence-electron chi connectivity index (χ4n) is 2.36. The summed E-state index contributed by atoms with van der Waals surface area (Å²) in [4.78, 5) is 46.0. The van der Waals surface area contributed by atoms with Crippen LogP contribution in [0.15, 0.2) is 0 Å². The predicted molar refractivity (Wildman–Crippen MR) is 68.7 cm³/mol. The Balaban J connectivity index is 2.45. The van der Waals surface area contributed by atoms with E-state index in [9.17, 15) is 19.2 Å². The average Bonchev–Trinajstić information content (AvgIpc) is 2.45. The van der Waals surface area contributed by atoms with Crippen LogP contribution in [0.3, 0.4) is 0 Å². The van der Waals surface area contributed by atoms with Crippen LogP contribution in [-0.2, 0) is 28.7 Å². The average molecular weight is 284 g/mol. The van der Waals surface area contributed by atoms with Gasteiger partial charge in [-0.2, -0.15) is 0 Å². The highest BCUT2D eigenvalue weighted by atomic mass is 16.5. The van der Waals surface area contributed by atoms with E-state index in [2.05, 4.69) is 9.47 Å². The molecule has 6 nitrogen and oxygen atoms in total. The molecule has 0 saturated heterocycles. The minimum atomic E-state index is -0.393. The third kappa shape index (κ3) is 4.75. The van der Waals surface area contributed by atoms with Crippen molar-refractivity contribution in [1.82, 2.24) is 0 Å². The van der Waals surface area contributed by atoms with Crippen molar-refractivity contribution in [2.45, 2.75) is 38.5 Å². The van der Waals surface area contributed by atoms with Crippen molar-refractivity contribution in [3.63, 3.8) is 0 Å². The summed E-state index contributed by atoms with van der Waals surface area (Å²) in [7, 11) is 2.58. The van der Waals surface area contributed by atoms with Gasteiger partial charge in [-0.3, -0.25) is 19.2 Å². The first kappa shape index (κ1) is 16.3. The van der Waals surface area contributed by atoms with Gasteiger partial charge in [0.2, 0.25) is 0 Å². The van der Waals surface area contributed by atoms with Crippen LogP contribution in [-0.4, -0.2) is 37.7 Å². The molecule has 112 valence electrons. The summed E-state index contributed by atoms with van der Waals surface area (Å²) in [5.74, 6) is -1.56. The Morgan fingerprint density at radius 2 is 1.25 bits per heavy atom. The Labute approximate surface area is 117 Å². The number of hydrogen-bond acceptors (Lipinski definition) is 6. The largest absolute Gasteiger partial charge is 0.469 e. The monoisotopic (exact) mass is 284 g/mol. The van der Waals surface area contributed by atoms with Crippen molar-refractivity contribution in [2.24, 2.45) is 11.8 Å². The second-order valence-corrected chi connectivity index (χ2v) is 4.96. The van der Waals surface area contributed by atoms with Crippen molar-refractivity contribution in [3.05, 3.63) is 0 Å². The second kappa shape index (κ2) is 7.77. The molecule has 6 heteroatoms. The molecule has 2 atom stereocenters. The Kier molecular flexibility index (Phi) is 6.35. The van der Waals surface area contributed by atoms with Gasteiger partial charge in [0.05, 0.1) is 14.2 Å². The molecule has 0 bridgehead atoms. The maximum Gasteiger partial charge on any atom is 0.305 e. The van der Waals surface area contributed by atoms with Crippen LogP contribution in [0, 0.1) is 11.8 Å². The first-order chi connectivity index (χ1) is 9.47. The first-order valence-corrected chi connectivity index (χ1v) is 6.67.